The van der Waals surface area contributed by atoms with Crippen molar-refractivity contribution < 1.29 is 4.52 Å². The normalized spacial score (nSPS) is 18.9. The largest absolute Gasteiger partial charge is 0.335 e. The predicted molar refractivity (Wildman–Crippen MR) is 58.8 cm³/mol. The fraction of sp³-hybridized carbons (Fsp3) is 0.818. The molecule has 15 heavy (non-hydrogen) atoms. The van der Waals surface area contributed by atoms with Crippen molar-refractivity contribution in [3.8, 4) is 0 Å². The van der Waals surface area contributed by atoms with Gasteiger partial charge in [0.05, 0.1) is 0 Å². The molecule has 0 amide bonds. The summed E-state index contributed by atoms with van der Waals surface area (Å²) in [6.45, 7) is 6.30. The van der Waals surface area contributed by atoms with E-state index in [4.69, 9.17) is 4.52 Å². The summed E-state index contributed by atoms with van der Waals surface area (Å²) in [4.78, 5) is 4.30. The molecule has 4 nitrogen and oxygen atoms in total. The van der Waals surface area contributed by atoms with E-state index in [-0.39, 0.29) is 0 Å². The van der Waals surface area contributed by atoms with Gasteiger partial charge in [-0.05, 0) is 25.7 Å². The van der Waals surface area contributed by atoms with Crippen LogP contribution in [0.3, 0.4) is 0 Å². The van der Waals surface area contributed by atoms with E-state index in [2.05, 4.69) is 36.2 Å². The van der Waals surface area contributed by atoms with Crippen molar-refractivity contribution in [3.63, 3.8) is 0 Å². The first-order valence-corrected chi connectivity index (χ1v) is 5.77. The van der Waals surface area contributed by atoms with E-state index in [0.29, 0.717) is 18.0 Å². The Bertz CT molecular complexity index is 317. The first-order chi connectivity index (χ1) is 7.16. The van der Waals surface area contributed by atoms with Crippen LogP contribution in [0.15, 0.2) is 4.52 Å². The second-order valence-corrected chi connectivity index (χ2v) is 4.74. The second kappa shape index (κ2) is 4.21. The number of aromatic nitrogens is 2. The van der Waals surface area contributed by atoms with Crippen molar-refractivity contribution in [2.75, 3.05) is 5.32 Å². The first kappa shape index (κ1) is 10.5. The van der Waals surface area contributed by atoms with E-state index in [1.54, 1.807) is 0 Å². The van der Waals surface area contributed by atoms with Crippen LogP contribution >= 0.6 is 0 Å². The zero-order chi connectivity index (χ0) is 10.8. The molecule has 1 aliphatic carbocycles. The van der Waals surface area contributed by atoms with Gasteiger partial charge in [0.25, 0.3) is 0 Å². The molecule has 1 aliphatic rings. The van der Waals surface area contributed by atoms with Crippen molar-refractivity contribution >= 4 is 6.01 Å². The Labute approximate surface area is 90.4 Å². The fourth-order valence-corrected chi connectivity index (χ4v) is 1.78. The number of hydrogen-bond donors (Lipinski definition) is 1. The van der Waals surface area contributed by atoms with Gasteiger partial charge in [0.2, 0.25) is 0 Å². The van der Waals surface area contributed by atoms with Crippen LogP contribution in [0.1, 0.15) is 51.8 Å². The van der Waals surface area contributed by atoms with E-state index >= 15 is 0 Å². The summed E-state index contributed by atoms with van der Waals surface area (Å²) in [6.07, 6.45) is 4.00. The SMILES string of the molecule is CC(C)c1noc(NC(C)C2CCC2)n1. The van der Waals surface area contributed by atoms with Gasteiger partial charge < -0.3 is 9.84 Å². The minimum Gasteiger partial charge on any atom is -0.335 e. The lowest BCUT2D eigenvalue weighted by Gasteiger charge is -2.31. The molecular formula is C11H19N3O. The van der Waals surface area contributed by atoms with Crippen LogP contribution in [0.4, 0.5) is 6.01 Å². The number of rotatable bonds is 4. The van der Waals surface area contributed by atoms with Crippen LogP contribution in [0, 0.1) is 5.92 Å². The number of anilines is 1. The monoisotopic (exact) mass is 209 g/mol. The first-order valence-electron chi connectivity index (χ1n) is 5.77. The minimum atomic E-state index is 0.323. The maximum absolute atomic E-state index is 5.14. The summed E-state index contributed by atoms with van der Waals surface area (Å²) in [5.41, 5.74) is 0. The molecule has 1 atom stereocenters. The molecule has 1 heterocycles. The fourth-order valence-electron chi connectivity index (χ4n) is 1.78. The molecule has 84 valence electrons. The molecule has 0 aromatic carbocycles. The van der Waals surface area contributed by atoms with E-state index in [0.717, 1.165) is 11.7 Å². The maximum atomic E-state index is 5.14. The Morgan fingerprint density at radius 2 is 2.07 bits per heavy atom. The summed E-state index contributed by atoms with van der Waals surface area (Å²) in [5, 5.41) is 7.20. The van der Waals surface area contributed by atoms with Gasteiger partial charge >= 0.3 is 6.01 Å². The Balaban J connectivity index is 1.91. The van der Waals surface area contributed by atoms with Crippen LogP contribution in [-0.2, 0) is 0 Å². The topological polar surface area (TPSA) is 51.0 Å². The summed E-state index contributed by atoms with van der Waals surface area (Å²) in [5.74, 6) is 1.88. The summed E-state index contributed by atoms with van der Waals surface area (Å²) in [6, 6.07) is 1.01. The molecule has 0 spiro atoms. The quantitative estimate of drug-likeness (QED) is 0.828. The number of nitrogens with zero attached hydrogens (tertiary/aromatic N) is 2. The lowest BCUT2D eigenvalue weighted by molar-refractivity contribution is 0.280. The highest BCUT2D eigenvalue weighted by Crippen LogP contribution is 2.30. The Hall–Kier alpha value is -1.06. The Morgan fingerprint density at radius 1 is 1.33 bits per heavy atom. The van der Waals surface area contributed by atoms with E-state index < -0.39 is 0 Å². The Morgan fingerprint density at radius 3 is 2.53 bits per heavy atom. The van der Waals surface area contributed by atoms with Crippen LogP contribution in [-0.4, -0.2) is 16.2 Å². The van der Waals surface area contributed by atoms with Crippen LogP contribution in [0.5, 0.6) is 0 Å². The molecular weight excluding hydrogens is 190 g/mol. The van der Waals surface area contributed by atoms with Gasteiger partial charge in [0, 0.05) is 12.0 Å². The molecule has 0 bridgehead atoms. The summed E-state index contributed by atoms with van der Waals surface area (Å²) >= 11 is 0. The van der Waals surface area contributed by atoms with Crippen molar-refractivity contribution in [1.82, 2.24) is 10.1 Å². The smallest absolute Gasteiger partial charge is 0.321 e. The third kappa shape index (κ3) is 2.30. The average Bonchev–Trinajstić information content (AvgIpc) is 2.48. The van der Waals surface area contributed by atoms with Crippen molar-refractivity contribution in [1.29, 1.82) is 0 Å². The van der Waals surface area contributed by atoms with Gasteiger partial charge in [0.1, 0.15) is 0 Å². The van der Waals surface area contributed by atoms with Gasteiger partial charge in [-0.25, -0.2) is 0 Å². The van der Waals surface area contributed by atoms with E-state index in [9.17, 15) is 0 Å². The zero-order valence-electron chi connectivity index (χ0n) is 9.66. The second-order valence-electron chi connectivity index (χ2n) is 4.74. The molecule has 4 heteroatoms. The Kier molecular flexibility index (Phi) is 2.93. The van der Waals surface area contributed by atoms with Gasteiger partial charge in [-0.15, -0.1) is 0 Å². The van der Waals surface area contributed by atoms with Gasteiger partial charge in [-0.3, -0.25) is 0 Å². The molecule has 1 unspecified atom stereocenters. The molecule has 1 saturated carbocycles. The predicted octanol–water partition coefficient (Wildman–Crippen LogP) is 2.79. The molecule has 0 radical (unpaired) electrons. The summed E-state index contributed by atoms with van der Waals surface area (Å²) in [7, 11) is 0. The number of hydrogen-bond acceptors (Lipinski definition) is 4. The van der Waals surface area contributed by atoms with Crippen molar-refractivity contribution in [2.45, 2.75) is 52.0 Å². The average molecular weight is 209 g/mol. The van der Waals surface area contributed by atoms with Crippen molar-refractivity contribution in [2.24, 2.45) is 5.92 Å². The molecule has 1 fully saturated rings. The van der Waals surface area contributed by atoms with Gasteiger partial charge in [0.15, 0.2) is 5.82 Å². The highest BCUT2D eigenvalue weighted by atomic mass is 16.5. The zero-order valence-corrected chi connectivity index (χ0v) is 9.66. The molecule has 0 saturated heterocycles. The van der Waals surface area contributed by atoms with Gasteiger partial charge in [-0.1, -0.05) is 25.4 Å². The van der Waals surface area contributed by atoms with Crippen molar-refractivity contribution in [3.05, 3.63) is 5.82 Å². The minimum absolute atomic E-state index is 0.323. The molecule has 0 aliphatic heterocycles. The van der Waals surface area contributed by atoms with E-state index in [1.165, 1.54) is 19.3 Å². The number of nitrogens with one attached hydrogen (secondary N) is 1. The summed E-state index contributed by atoms with van der Waals surface area (Å²) < 4.78 is 5.14. The molecule has 1 aromatic rings. The maximum Gasteiger partial charge on any atom is 0.321 e. The lowest BCUT2D eigenvalue weighted by Crippen LogP contribution is -2.30. The van der Waals surface area contributed by atoms with Crippen LogP contribution < -0.4 is 5.32 Å². The third-order valence-electron chi connectivity index (χ3n) is 3.17. The standard InChI is InChI=1S/C11H19N3O/c1-7(2)10-13-11(15-14-10)12-8(3)9-5-4-6-9/h7-9H,4-6H2,1-3H3,(H,12,13,14). The molecule has 2 rings (SSSR count). The van der Waals surface area contributed by atoms with Gasteiger partial charge in [-0.2, -0.15) is 4.98 Å². The molecule has 1 aromatic heterocycles. The van der Waals surface area contributed by atoms with Crippen LogP contribution in [0.2, 0.25) is 0 Å². The van der Waals surface area contributed by atoms with Crippen LogP contribution in [0.25, 0.3) is 0 Å². The highest BCUT2D eigenvalue weighted by Gasteiger charge is 2.25. The molecule has 1 N–H and O–H groups in total. The lowest BCUT2D eigenvalue weighted by atomic mass is 9.80. The van der Waals surface area contributed by atoms with E-state index in [1.807, 2.05) is 0 Å². The highest BCUT2D eigenvalue weighted by molar-refractivity contribution is 5.21. The third-order valence-corrected chi connectivity index (χ3v) is 3.17.